The van der Waals surface area contributed by atoms with E-state index in [0.29, 0.717) is 17.7 Å². The van der Waals surface area contributed by atoms with Crippen molar-refractivity contribution < 1.29 is 14.7 Å². The van der Waals surface area contributed by atoms with Crippen molar-refractivity contribution >= 4 is 43.9 Å². The second-order valence-electron chi connectivity index (χ2n) is 5.59. The quantitative estimate of drug-likeness (QED) is 0.901. The van der Waals surface area contributed by atoms with E-state index in [1.54, 1.807) is 11.3 Å². The molecule has 1 amide bonds. The van der Waals surface area contributed by atoms with E-state index in [2.05, 4.69) is 5.32 Å². The van der Waals surface area contributed by atoms with E-state index in [-0.39, 0.29) is 12.5 Å². The molecule has 0 saturated heterocycles. The molecule has 3 rings (SSSR count). The summed E-state index contributed by atoms with van der Waals surface area (Å²) in [5.74, 6) is -0.940. The minimum absolute atomic E-state index is 0.158. The Hall–Kier alpha value is -1.40. The fourth-order valence-corrected chi connectivity index (χ4v) is 4.93. The lowest BCUT2D eigenvalue weighted by Crippen LogP contribution is -2.44. The van der Waals surface area contributed by atoms with Crippen LogP contribution in [0.25, 0.3) is 9.40 Å². The fourth-order valence-electron chi connectivity index (χ4n) is 2.91. The minimum atomic E-state index is -0.783. The third kappa shape index (κ3) is 2.82. The number of carbonyl (C=O) groups is 2. The number of amides is 1. The van der Waals surface area contributed by atoms with Crippen LogP contribution in [0, 0.1) is 5.41 Å². The van der Waals surface area contributed by atoms with E-state index < -0.39 is 11.4 Å². The Bertz CT molecular complexity index is 639. The highest BCUT2D eigenvalue weighted by Gasteiger charge is 2.39. The Morgan fingerprint density at radius 2 is 2.00 bits per heavy atom. The van der Waals surface area contributed by atoms with E-state index >= 15 is 0 Å². The van der Waals surface area contributed by atoms with Crippen LogP contribution in [0.15, 0.2) is 17.5 Å². The topological polar surface area (TPSA) is 66.4 Å². The molecule has 0 atom stereocenters. The molecule has 2 heterocycles. The van der Waals surface area contributed by atoms with Crippen LogP contribution in [-0.4, -0.2) is 23.5 Å². The Kier molecular flexibility index (Phi) is 3.99. The number of fused-ring (bicyclic) bond motifs is 1. The molecule has 2 aromatic heterocycles. The van der Waals surface area contributed by atoms with Crippen molar-refractivity contribution in [2.75, 3.05) is 6.54 Å². The van der Waals surface area contributed by atoms with Crippen LogP contribution in [0.5, 0.6) is 0 Å². The third-order valence-corrected chi connectivity index (χ3v) is 6.31. The Labute approximate surface area is 130 Å². The van der Waals surface area contributed by atoms with Gasteiger partial charge in [0.1, 0.15) is 0 Å². The van der Waals surface area contributed by atoms with E-state index in [0.717, 1.165) is 28.7 Å². The summed E-state index contributed by atoms with van der Waals surface area (Å²) in [5.41, 5.74) is -0.775. The van der Waals surface area contributed by atoms with Crippen molar-refractivity contribution in [1.29, 1.82) is 0 Å². The maximum Gasteiger partial charge on any atom is 0.311 e. The summed E-state index contributed by atoms with van der Waals surface area (Å²) in [6.07, 6.45) is 4.25. The number of nitrogens with one attached hydrogen (secondary N) is 1. The standard InChI is InChI=1S/C15H17NO3S2/c17-13(12-8-11-10(21-12)4-7-20-11)16-9-15(14(18)19)5-2-1-3-6-15/h4,7-8H,1-3,5-6,9H2,(H,16,17)(H,18,19). The Morgan fingerprint density at radius 1 is 1.24 bits per heavy atom. The molecular formula is C15H17NO3S2. The SMILES string of the molecule is O=C(NCC1(C(=O)O)CCCCC1)c1cc2sccc2s1. The van der Waals surface area contributed by atoms with Crippen LogP contribution in [0.4, 0.5) is 0 Å². The highest BCUT2D eigenvalue weighted by Crippen LogP contribution is 2.36. The summed E-state index contributed by atoms with van der Waals surface area (Å²) in [6, 6.07) is 3.88. The number of rotatable bonds is 4. The van der Waals surface area contributed by atoms with Gasteiger partial charge in [0.05, 0.1) is 10.3 Å². The molecule has 0 unspecified atom stereocenters. The van der Waals surface area contributed by atoms with Gasteiger partial charge in [-0.15, -0.1) is 22.7 Å². The summed E-state index contributed by atoms with van der Waals surface area (Å²) in [7, 11) is 0. The predicted octanol–water partition coefficient (Wildman–Crippen LogP) is 3.73. The zero-order valence-electron chi connectivity index (χ0n) is 11.6. The number of hydrogen-bond donors (Lipinski definition) is 2. The highest BCUT2D eigenvalue weighted by atomic mass is 32.1. The molecule has 1 aliphatic rings. The molecule has 1 saturated carbocycles. The largest absolute Gasteiger partial charge is 0.481 e. The molecule has 6 heteroatoms. The second kappa shape index (κ2) is 5.77. The van der Waals surface area contributed by atoms with Crippen molar-refractivity contribution in [3.63, 3.8) is 0 Å². The molecule has 1 aliphatic carbocycles. The molecule has 4 nitrogen and oxygen atoms in total. The van der Waals surface area contributed by atoms with Gasteiger partial charge in [-0.3, -0.25) is 9.59 Å². The Balaban J connectivity index is 1.69. The van der Waals surface area contributed by atoms with Crippen LogP contribution in [0.1, 0.15) is 41.8 Å². The molecule has 0 bridgehead atoms. The van der Waals surface area contributed by atoms with Gasteiger partial charge in [0.25, 0.3) is 5.91 Å². The van der Waals surface area contributed by atoms with Crippen molar-refractivity contribution in [2.45, 2.75) is 32.1 Å². The first kappa shape index (κ1) is 14.5. The third-order valence-electron chi connectivity index (χ3n) is 4.21. The number of carboxylic acids is 1. The van der Waals surface area contributed by atoms with E-state index in [9.17, 15) is 14.7 Å². The van der Waals surface area contributed by atoms with Gasteiger partial charge < -0.3 is 10.4 Å². The maximum absolute atomic E-state index is 12.2. The van der Waals surface area contributed by atoms with Gasteiger partial charge in [0, 0.05) is 15.9 Å². The van der Waals surface area contributed by atoms with Gasteiger partial charge in [-0.1, -0.05) is 19.3 Å². The first-order valence-electron chi connectivity index (χ1n) is 7.09. The van der Waals surface area contributed by atoms with Gasteiger partial charge >= 0.3 is 5.97 Å². The van der Waals surface area contributed by atoms with Crippen molar-refractivity contribution in [3.05, 3.63) is 22.4 Å². The molecule has 0 aliphatic heterocycles. The lowest BCUT2D eigenvalue weighted by Gasteiger charge is -2.33. The van der Waals surface area contributed by atoms with Gasteiger partial charge in [0.15, 0.2) is 0 Å². The van der Waals surface area contributed by atoms with E-state index in [4.69, 9.17) is 0 Å². The average molecular weight is 323 g/mol. The molecule has 2 N–H and O–H groups in total. The molecule has 0 radical (unpaired) electrons. The van der Waals surface area contributed by atoms with Gasteiger partial charge in [-0.05, 0) is 30.4 Å². The van der Waals surface area contributed by atoms with E-state index in [1.165, 1.54) is 11.3 Å². The molecule has 0 aromatic carbocycles. The zero-order valence-corrected chi connectivity index (χ0v) is 13.2. The van der Waals surface area contributed by atoms with Gasteiger partial charge in [-0.25, -0.2) is 0 Å². The first-order valence-corrected chi connectivity index (χ1v) is 8.79. The molecule has 1 fully saturated rings. The number of hydrogen-bond acceptors (Lipinski definition) is 4. The van der Waals surface area contributed by atoms with Crippen LogP contribution in [0.2, 0.25) is 0 Å². The second-order valence-corrected chi connectivity index (χ2v) is 7.62. The average Bonchev–Trinajstić information content (AvgIpc) is 3.07. The lowest BCUT2D eigenvalue weighted by atomic mass is 9.74. The van der Waals surface area contributed by atoms with E-state index in [1.807, 2.05) is 17.5 Å². The first-order chi connectivity index (χ1) is 10.1. The summed E-state index contributed by atoms with van der Waals surface area (Å²) in [6.45, 7) is 0.229. The summed E-state index contributed by atoms with van der Waals surface area (Å²) in [4.78, 5) is 24.5. The molecule has 21 heavy (non-hydrogen) atoms. The number of carbonyl (C=O) groups excluding carboxylic acids is 1. The smallest absolute Gasteiger partial charge is 0.311 e. The monoisotopic (exact) mass is 323 g/mol. The molecule has 2 aromatic rings. The van der Waals surface area contributed by atoms with Crippen molar-refractivity contribution in [1.82, 2.24) is 5.32 Å². The number of carboxylic acid groups (broad SMARTS) is 1. The zero-order chi connectivity index (χ0) is 14.9. The van der Waals surface area contributed by atoms with Crippen LogP contribution >= 0.6 is 22.7 Å². The van der Waals surface area contributed by atoms with Crippen molar-refractivity contribution in [3.8, 4) is 0 Å². The summed E-state index contributed by atoms with van der Waals surface area (Å²) in [5, 5.41) is 14.3. The highest BCUT2D eigenvalue weighted by molar-refractivity contribution is 7.27. The number of thiophene rings is 2. The maximum atomic E-state index is 12.2. The fraction of sp³-hybridized carbons (Fsp3) is 0.467. The summed E-state index contributed by atoms with van der Waals surface area (Å²) < 4.78 is 2.21. The van der Waals surface area contributed by atoms with Crippen LogP contribution in [-0.2, 0) is 4.79 Å². The molecular weight excluding hydrogens is 306 g/mol. The predicted molar refractivity (Wildman–Crippen MR) is 85.2 cm³/mol. The normalized spacial score (nSPS) is 17.7. The molecule has 112 valence electrons. The minimum Gasteiger partial charge on any atom is -0.481 e. The van der Waals surface area contributed by atoms with Gasteiger partial charge in [0.2, 0.25) is 0 Å². The number of aliphatic carboxylic acids is 1. The van der Waals surface area contributed by atoms with Crippen LogP contribution < -0.4 is 5.32 Å². The van der Waals surface area contributed by atoms with Crippen molar-refractivity contribution in [2.24, 2.45) is 5.41 Å². The van der Waals surface area contributed by atoms with Gasteiger partial charge in [-0.2, -0.15) is 0 Å². The Morgan fingerprint density at radius 3 is 2.67 bits per heavy atom. The lowest BCUT2D eigenvalue weighted by molar-refractivity contribution is -0.150. The summed E-state index contributed by atoms with van der Waals surface area (Å²) >= 11 is 3.07. The molecule has 0 spiro atoms. The van der Waals surface area contributed by atoms with Crippen LogP contribution in [0.3, 0.4) is 0 Å².